The third-order valence-corrected chi connectivity index (χ3v) is 5.50. The normalized spacial score (nSPS) is 11.3. The summed E-state index contributed by atoms with van der Waals surface area (Å²) in [4.78, 5) is 24.3. The summed E-state index contributed by atoms with van der Waals surface area (Å²) in [5, 5.41) is 1.12. The Hall–Kier alpha value is -3.86. The fraction of sp³-hybridized carbons (Fsp3) is 0.120. The van der Waals surface area contributed by atoms with Crippen LogP contribution in [0, 0.1) is 13.8 Å². The molecule has 0 atom stereocenters. The van der Waals surface area contributed by atoms with E-state index in [2.05, 4.69) is 40.2 Å². The van der Waals surface area contributed by atoms with Gasteiger partial charge >= 0.3 is 0 Å². The second kappa shape index (κ2) is 7.19. The van der Waals surface area contributed by atoms with Crippen LogP contribution in [0.2, 0.25) is 0 Å². The smallest absolute Gasteiger partial charge is 0.195 e. The van der Waals surface area contributed by atoms with Crippen LogP contribution in [0.25, 0.3) is 22.0 Å². The highest BCUT2D eigenvalue weighted by molar-refractivity contribution is 6.14. The quantitative estimate of drug-likeness (QED) is 0.400. The van der Waals surface area contributed by atoms with Gasteiger partial charge in [-0.25, -0.2) is 4.98 Å². The fourth-order valence-corrected chi connectivity index (χ4v) is 4.03. The molecule has 0 radical (unpaired) electrons. The molecule has 5 nitrogen and oxygen atoms in total. The summed E-state index contributed by atoms with van der Waals surface area (Å²) in [5.74, 6) is 0.0236. The first-order valence-electron chi connectivity index (χ1n) is 9.96. The molecule has 0 spiro atoms. The van der Waals surface area contributed by atoms with Crippen molar-refractivity contribution in [2.45, 2.75) is 20.4 Å². The highest BCUT2D eigenvalue weighted by atomic mass is 16.1. The molecule has 148 valence electrons. The number of nitrogens with zero attached hydrogens (tertiary/aromatic N) is 2. The molecule has 0 bridgehead atoms. The Morgan fingerprint density at radius 1 is 1.03 bits per heavy atom. The Balaban J connectivity index is 1.68. The summed E-state index contributed by atoms with van der Waals surface area (Å²) in [5.41, 5.74) is 7.56. The molecule has 2 N–H and O–H groups in total. The van der Waals surface area contributed by atoms with E-state index in [9.17, 15) is 4.79 Å². The number of para-hydroxylation sites is 1. The lowest BCUT2D eigenvalue weighted by Crippen LogP contribution is -2.02. The Kier molecular flexibility index (Phi) is 4.36. The molecule has 5 aromatic rings. The number of aromatic nitrogens is 4. The molecular weight excluding hydrogens is 372 g/mol. The monoisotopic (exact) mass is 394 g/mol. The van der Waals surface area contributed by atoms with Gasteiger partial charge in [-0.3, -0.25) is 4.79 Å². The number of aryl methyl sites for hydroxylation is 2. The van der Waals surface area contributed by atoms with Gasteiger partial charge in [0.05, 0.1) is 18.6 Å². The number of benzene rings is 2. The van der Waals surface area contributed by atoms with Crippen LogP contribution in [0.5, 0.6) is 0 Å². The average Bonchev–Trinajstić information content (AvgIpc) is 3.46. The van der Waals surface area contributed by atoms with E-state index >= 15 is 0 Å². The van der Waals surface area contributed by atoms with Crippen molar-refractivity contribution in [2.24, 2.45) is 0 Å². The Morgan fingerprint density at radius 3 is 2.60 bits per heavy atom. The van der Waals surface area contributed by atoms with Crippen LogP contribution in [0.4, 0.5) is 0 Å². The number of rotatable bonds is 5. The van der Waals surface area contributed by atoms with Gasteiger partial charge in [-0.05, 0) is 19.9 Å². The molecule has 5 rings (SSSR count). The lowest BCUT2D eigenvalue weighted by atomic mass is 9.96. The van der Waals surface area contributed by atoms with Gasteiger partial charge in [0.1, 0.15) is 0 Å². The van der Waals surface area contributed by atoms with E-state index in [1.54, 1.807) is 6.33 Å². The maximum atomic E-state index is 13.5. The van der Waals surface area contributed by atoms with Crippen LogP contribution in [0.1, 0.15) is 32.9 Å². The first-order valence-corrected chi connectivity index (χ1v) is 9.96. The van der Waals surface area contributed by atoms with Crippen molar-refractivity contribution < 1.29 is 4.79 Å². The molecule has 0 unspecified atom stereocenters. The standard InChI is InChI=1S/C25H22N4O/c1-16-7-9-18(10-8-16)25(30)22-14-29(12-19-11-26-15-27-19)13-21(22)24-17(2)28-23-6-4-3-5-20(23)24/h3-11,13-15,28H,12H2,1-2H3,(H,26,27). The van der Waals surface area contributed by atoms with E-state index in [0.717, 1.165) is 39.0 Å². The fourth-order valence-electron chi connectivity index (χ4n) is 4.03. The molecule has 0 saturated carbocycles. The second-order valence-corrected chi connectivity index (χ2v) is 7.68. The molecular formula is C25H22N4O. The largest absolute Gasteiger partial charge is 0.358 e. The number of imidazole rings is 1. The van der Waals surface area contributed by atoms with Gasteiger partial charge in [-0.2, -0.15) is 0 Å². The van der Waals surface area contributed by atoms with Gasteiger partial charge in [-0.15, -0.1) is 0 Å². The Morgan fingerprint density at radius 2 is 1.83 bits per heavy atom. The van der Waals surface area contributed by atoms with Crippen LogP contribution < -0.4 is 0 Å². The minimum absolute atomic E-state index is 0.0236. The van der Waals surface area contributed by atoms with Crippen molar-refractivity contribution in [3.05, 3.63) is 102 Å². The number of H-pyrrole nitrogens is 2. The van der Waals surface area contributed by atoms with E-state index in [1.807, 2.05) is 60.3 Å². The summed E-state index contributed by atoms with van der Waals surface area (Å²) in [6, 6.07) is 16.0. The van der Waals surface area contributed by atoms with E-state index in [0.29, 0.717) is 17.7 Å². The van der Waals surface area contributed by atoms with Crippen molar-refractivity contribution in [3.8, 4) is 11.1 Å². The Labute approximate surface area is 174 Å². The van der Waals surface area contributed by atoms with Crippen molar-refractivity contribution in [1.29, 1.82) is 0 Å². The number of hydrogen-bond acceptors (Lipinski definition) is 2. The topological polar surface area (TPSA) is 66.5 Å². The summed E-state index contributed by atoms with van der Waals surface area (Å²) in [7, 11) is 0. The van der Waals surface area contributed by atoms with Crippen LogP contribution in [0.3, 0.4) is 0 Å². The van der Waals surface area contributed by atoms with Crippen molar-refractivity contribution in [1.82, 2.24) is 19.5 Å². The molecule has 30 heavy (non-hydrogen) atoms. The highest BCUT2D eigenvalue weighted by Crippen LogP contribution is 2.36. The maximum absolute atomic E-state index is 13.5. The number of carbonyl (C=O) groups is 1. The van der Waals surface area contributed by atoms with Crippen molar-refractivity contribution in [2.75, 3.05) is 0 Å². The zero-order chi connectivity index (χ0) is 20.7. The number of ketones is 1. The first-order chi connectivity index (χ1) is 14.6. The molecule has 0 aliphatic carbocycles. The van der Waals surface area contributed by atoms with Gasteiger partial charge in [0, 0.05) is 57.4 Å². The predicted octanol–water partition coefficient (Wildman–Crippen LogP) is 5.26. The van der Waals surface area contributed by atoms with Crippen LogP contribution in [0.15, 0.2) is 73.4 Å². The van der Waals surface area contributed by atoms with Crippen LogP contribution >= 0.6 is 0 Å². The molecule has 0 aliphatic heterocycles. The van der Waals surface area contributed by atoms with Crippen molar-refractivity contribution in [3.63, 3.8) is 0 Å². The van der Waals surface area contributed by atoms with Crippen LogP contribution in [-0.4, -0.2) is 25.3 Å². The van der Waals surface area contributed by atoms with Gasteiger partial charge < -0.3 is 14.5 Å². The summed E-state index contributed by atoms with van der Waals surface area (Å²) in [6.45, 7) is 4.68. The van der Waals surface area contributed by atoms with Gasteiger partial charge in [0.25, 0.3) is 0 Å². The maximum Gasteiger partial charge on any atom is 0.195 e. The molecule has 0 amide bonds. The molecule has 3 heterocycles. The van der Waals surface area contributed by atoms with Crippen molar-refractivity contribution >= 4 is 16.7 Å². The molecule has 0 aliphatic rings. The molecule has 0 fully saturated rings. The number of nitrogens with one attached hydrogen (secondary N) is 2. The van der Waals surface area contributed by atoms with Crippen LogP contribution in [-0.2, 0) is 6.54 Å². The Bertz CT molecular complexity index is 1340. The summed E-state index contributed by atoms with van der Waals surface area (Å²) in [6.07, 6.45) is 7.53. The number of carbonyl (C=O) groups excluding carboxylic acids is 1. The number of hydrogen-bond donors (Lipinski definition) is 2. The van der Waals surface area contributed by atoms with Gasteiger partial charge in [0.2, 0.25) is 0 Å². The summed E-state index contributed by atoms with van der Waals surface area (Å²) >= 11 is 0. The van der Waals surface area contributed by atoms with E-state index in [1.165, 1.54) is 0 Å². The SMILES string of the molecule is Cc1ccc(C(=O)c2cn(Cc3c[nH]cn3)cc2-c2c(C)[nH]c3ccccc23)cc1. The third-order valence-electron chi connectivity index (χ3n) is 5.50. The lowest BCUT2D eigenvalue weighted by Gasteiger charge is -2.05. The second-order valence-electron chi connectivity index (χ2n) is 7.68. The zero-order valence-electron chi connectivity index (χ0n) is 16.9. The molecule has 0 saturated heterocycles. The van der Waals surface area contributed by atoms with E-state index < -0.39 is 0 Å². The minimum atomic E-state index is 0.0236. The van der Waals surface area contributed by atoms with Gasteiger partial charge in [-0.1, -0.05) is 48.0 Å². The highest BCUT2D eigenvalue weighted by Gasteiger charge is 2.21. The number of aromatic amines is 2. The molecule has 2 aromatic carbocycles. The lowest BCUT2D eigenvalue weighted by molar-refractivity contribution is 0.103. The third kappa shape index (κ3) is 3.14. The van der Waals surface area contributed by atoms with Gasteiger partial charge in [0.15, 0.2) is 5.78 Å². The molecule has 3 aromatic heterocycles. The summed E-state index contributed by atoms with van der Waals surface area (Å²) < 4.78 is 2.04. The van der Waals surface area contributed by atoms with E-state index in [4.69, 9.17) is 0 Å². The zero-order valence-corrected chi connectivity index (χ0v) is 16.9. The number of fused-ring (bicyclic) bond motifs is 1. The predicted molar refractivity (Wildman–Crippen MR) is 119 cm³/mol. The minimum Gasteiger partial charge on any atom is -0.358 e. The first kappa shape index (κ1) is 18.2. The average molecular weight is 394 g/mol. The molecule has 5 heteroatoms. The van der Waals surface area contributed by atoms with E-state index in [-0.39, 0.29) is 5.78 Å².